The van der Waals surface area contributed by atoms with Gasteiger partial charge in [0.25, 0.3) is 15.7 Å². The van der Waals surface area contributed by atoms with Crippen molar-refractivity contribution in [2.75, 3.05) is 11.4 Å². The van der Waals surface area contributed by atoms with E-state index in [1.165, 1.54) is 12.1 Å². The van der Waals surface area contributed by atoms with Crippen LogP contribution >= 0.6 is 0 Å². The summed E-state index contributed by atoms with van der Waals surface area (Å²) in [4.78, 5) is 12.1. The van der Waals surface area contributed by atoms with Gasteiger partial charge in [0.1, 0.15) is 4.90 Å². The van der Waals surface area contributed by atoms with Gasteiger partial charge in [-0.1, -0.05) is 36.4 Å². The monoisotopic (exact) mass is 381 g/mol. The zero-order chi connectivity index (χ0) is 19.2. The number of nitrogens with zero attached hydrogens (tertiary/aromatic N) is 3. The van der Waals surface area contributed by atoms with Crippen LogP contribution in [0.3, 0.4) is 0 Å². The number of benzene rings is 3. The van der Waals surface area contributed by atoms with Crippen LogP contribution in [0.15, 0.2) is 70.0 Å². The smallest absolute Gasteiger partial charge is 0.285 e. The summed E-state index contributed by atoms with van der Waals surface area (Å²) < 4.78 is 29.0. The molecule has 0 saturated heterocycles. The summed E-state index contributed by atoms with van der Waals surface area (Å²) in [6.07, 6.45) is 0. The molecule has 0 unspecified atom stereocenters. The SMILES string of the molecule is CCN(C1=NS(=O)(=O)c2cc([N+](=O)[O-])ccc21)c1cccc2ccccc12. The van der Waals surface area contributed by atoms with E-state index in [1.54, 1.807) is 0 Å². The molecule has 4 rings (SSSR count). The number of nitro benzene ring substituents is 1. The number of non-ortho nitro benzene ring substituents is 1. The van der Waals surface area contributed by atoms with Gasteiger partial charge in [0.2, 0.25) is 0 Å². The van der Waals surface area contributed by atoms with Gasteiger partial charge in [0, 0.05) is 29.6 Å². The Hall–Kier alpha value is -3.26. The Morgan fingerprint density at radius 3 is 2.56 bits per heavy atom. The van der Waals surface area contributed by atoms with E-state index in [0.717, 1.165) is 22.5 Å². The lowest BCUT2D eigenvalue weighted by Gasteiger charge is -2.24. The molecule has 0 fully saturated rings. The maximum Gasteiger partial charge on any atom is 0.285 e. The Balaban J connectivity index is 1.92. The van der Waals surface area contributed by atoms with E-state index in [4.69, 9.17) is 0 Å². The van der Waals surface area contributed by atoms with E-state index in [1.807, 2.05) is 54.3 Å². The molecule has 8 heteroatoms. The van der Waals surface area contributed by atoms with Crippen molar-refractivity contribution >= 4 is 38.0 Å². The predicted octanol–water partition coefficient (Wildman–Crippen LogP) is 3.72. The van der Waals surface area contributed by atoms with Crippen LogP contribution < -0.4 is 4.90 Å². The molecule has 136 valence electrons. The molecular formula is C19H15N3O4S. The summed E-state index contributed by atoms with van der Waals surface area (Å²) in [6, 6.07) is 17.4. The standard InChI is InChI=1S/C19H15N3O4S/c1-2-21(17-9-5-7-13-6-3-4-8-15(13)17)19-16-11-10-14(22(23)24)12-18(16)27(25,26)20-19/h3-12H,2H2,1H3. The molecular weight excluding hydrogens is 366 g/mol. The Morgan fingerprint density at radius 1 is 1.07 bits per heavy atom. The van der Waals surface area contributed by atoms with E-state index >= 15 is 0 Å². The van der Waals surface area contributed by atoms with E-state index in [2.05, 4.69) is 4.40 Å². The van der Waals surface area contributed by atoms with Crippen LogP contribution in [0, 0.1) is 10.1 Å². The number of hydrogen-bond acceptors (Lipinski definition) is 5. The van der Waals surface area contributed by atoms with Gasteiger partial charge in [-0.05, 0) is 24.4 Å². The molecule has 0 bridgehead atoms. The third kappa shape index (κ3) is 2.74. The Kier molecular flexibility index (Phi) is 3.92. The molecule has 7 nitrogen and oxygen atoms in total. The molecule has 1 heterocycles. The van der Waals surface area contributed by atoms with Crippen molar-refractivity contribution in [1.82, 2.24) is 0 Å². The van der Waals surface area contributed by atoms with E-state index in [-0.39, 0.29) is 16.4 Å². The fourth-order valence-corrected chi connectivity index (χ4v) is 4.54. The molecule has 3 aromatic carbocycles. The number of amidine groups is 1. The Morgan fingerprint density at radius 2 is 1.81 bits per heavy atom. The first-order valence-electron chi connectivity index (χ1n) is 8.31. The van der Waals surface area contributed by atoms with Crippen LogP contribution in [-0.2, 0) is 10.0 Å². The zero-order valence-electron chi connectivity index (χ0n) is 14.4. The maximum atomic E-state index is 12.5. The molecule has 3 aromatic rings. The largest absolute Gasteiger partial charge is 0.325 e. The van der Waals surface area contributed by atoms with E-state index < -0.39 is 14.9 Å². The molecule has 0 aromatic heterocycles. The lowest BCUT2D eigenvalue weighted by Crippen LogP contribution is -2.30. The number of sulfonamides is 1. The summed E-state index contributed by atoms with van der Waals surface area (Å²) >= 11 is 0. The highest BCUT2D eigenvalue weighted by molar-refractivity contribution is 7.90. The van der Waals surface area contributed by atoms with E-state index in [9.17, 15) is 18.5 Å². The predicted molar refractivity (Wildman–Crippen MR) is 104 cm³/mol. The topological polar surface area (TPSA) is 92.9 Å². The summed E-state index contributed by atoms with van der Waals surface area (Å²) in [5.74, 6) is 0.277. The summed E-state index contributed by atoms with van der Waals surface area (Å²) in [6.45, 7) is 2.39. The van der Waals surface area contributed by atoms with Crippen molar-refractivity contribution in [2.45, 2.75) is 11.8 Å². The van der Waals surface area contributed by atoms with Gasteiger partial charge < -0.3 is 4.90 Å². The maximum absolute atomic E-state index is 12.5. The molecule has 0 N–H and O–H groups in total. The molecule has 1 aliphatic rings. The lowest BCUT2D eigenvalue weighted by atomic mass is 10.1. The quantitative estimate of drug-likeness (QED) is 0.509. The number of hydrogen-bond donors (Lipinski definition) is 0. The van der Waals surface area contributed by atoms with Crippen LogP contribution in [0.1, 0.15) is 12.5 Å². The van der Waals surface area contributed by atoms with Gasteiger partial charge in [0.15, 0.2) is 5.84 Å². The molecule has 0 spiro atoms. The summed E-state index contributed by atoms with van der Waals surface area (Å²) in [5, 5.41) is 13.0. The van der Waals surface area contributed by atoms with E-state index in [0.29, 0.717) is 12.1 Å². The highest BCUT2D eigenvalue weighted by atomic mass is 32.2. The van der Waals surface area contributed by atoms with Crippen LogP contribution in [0.5, 0.6) is 0 Å². The fourth-order valence-electron chi connectivity index (χ4n) is 3.31. The van der Waals surface area contributed by atoms with Crippen molar-refractivity contribution in [1.29, 1.82) is 0 Å². The first-order valence-corrected chi connectivity index (χ1v) is 9.75. The van der Waals surface area contributed by atoms with Crippen LogP contribution in [-0.4, -0.2) is 25.7 Å². The second-order valence-electron chi connectivity index (χ2n) is 6.07. The van der Waals surface area contributed by atoms with Gasteiger partial charge >= 0.3 is 0 Å². The number of anilines is 1. The van der Waals surface area contributed by atoms with Crippen LogP contribution in [0.25, 0.3) is 10.8 Å². The van der Waals surface area contributed by atoms with Crippen molar-refractivity contribution in [3.05, 3.63) is 76.3 Å². The van der Waals surface area contributed by atoms with Crippen LogP contribution in [0.4, 0.5) is 11.4 Å². The van der Waals surface area contributed by atoms with Gasteiger partial charge in [-0.3, -0.25) is 10.1 Å². The third-order valence-corrected chi connectivity index (χ3v) is 5.84. The van der Waals surface area contributed by atoms with Crippen molar-refractivity contribution in [3.8, 4) is 0 Å². The van der Waals surface area contributed by atoms with Gasteiger partial charge in [0.05, 0.1) is 10.6 Å². The first kappa shape index (κ1) is 17.2. The lowest BCUT2D eigenvalue weighted by molar-refractivity contribution is -0.385. The number of nitro groups is 1. The van der Waals surface area contributed by atoms with Crippen LogP contribution in [0.2, 0.25) is 0 Å². The van der Waals surface area contributed by atoms with Gasteiger partial charge in [-0.15, -0.1) is 4.40 Å². The Labute approximate surface area is 155 Å². The second kappa shape index (κ2) is 6.17. The molecule has 1 aliphatic heterocycles. The minimum absolute atomic E-state index is 0.134. The minimum Gasteiger partial charge on any atom is -0.325 e. The normalized spacial score (nSPS) is 14.6. The second-order valence-corrected chi connectivity index (χ2v) is 7.64. The fraction of sp³-hybridized carbons (Fsp3) is 0.105. The zero-order valence-corrected chi connectivity index (χ0v) is 15.2. The van der Waals surface area contributed by atoms with Crippen molar-refractivity contribution in [2.24, 2.45) is 4.40 Å². The molecule has 0 saturated carbocycles. The molecule has 0 aliphatic carbocycles. The highest BCUT2D eigenvalue weighted by Gasteiger charge is 2.34. The number of rotatable bonds is 3. The van der Waals surface area contributed by atoms with Crippen molar-refractivity contribution in [3.63, 3.8) is 0 Å². The first-order chi connectivity index (χ1) is 12.9. The van der Waals surface area contributed by atoms with Gasteiger partial charge in [-0.2, -0.15) is 8.42 Å². The average molecular weight is 381 g/mol. The summed E-state index contributed by atoms with van der Waals surface area (Å²) in [7, 11) is -3.99. The number of fused-ring (bicyclic) bond motifs is 2. The van der Waals surface area contributed by atoms with Crippen molar-refractivity contribution < 1.29 is 13.3 Å². The molecule has 0 radical (unpaired) electrons. The molecule has 0 atom stereocenters. The average Bonchev–Trinajstić information content (AvgIpc) is 2.93. The highest BCUT2D eigenvalue weighted by Crippen LogP contribution is 2.34. The molecule has 0 amide bonds. The summed E-state index contributed by atoms with van der Waals surface area (Å²) in [5.41, 5.74) is 0.924. The minimum atomic E-state index is -3.99. The van der Waals surface area contributed by atoms with Gasteiger partial charge in [-0.25, -0.2) is 0 Å². The Bertz CT molecular complexity index is 1210. The molecule has 27 heavy (non-hydrogen) atoms. The third-order valence-electron chi connectivity index (χ3n) is 4.53.